The third-order valence-corrected chi connectivity index (χ3v) is 6.19. The molecule has 0 saturated heterocycles. The monoisotopic (exact) mass is 619 g/mol. The highest BCUT2D eigenvalue weighted by molar-refractivity contribution is 5.96. The quantitative estimate of drug-likeness (QED) is 0.196. The van der Waals surface area contributed by atoms with Gasteiger partial charge in [-0.3, -0.25) is 4.79 Å². The van der Waals surface area contributed by atoms with Crippen LogP contribution >= 0.6 is 12.4 Å². The van der Waals surface area contributed by atoms with Crippen LogP contribution in [-0.2, 0) is 28.5 Å². The Morgan fingerprint density at radius 1 is 1.02 bits per heavy atom. The van der Waals surface area contributed by atoms with Crippen LogP contribution in [0.5, 0.6) is 0 Å². The van der Waals surface area contributed by atoms with E-state index in [1.165, 1.54) is 29.1 Å². The first kappa shape index (κ1) is 40.8. The zero-order chi connectivity index (χ0) is 31.8. The van der Waals surface area contributed by atoms with Crippen LogP contribution < -0.4 is 5.73 Å². The first-order chi connectivity index (χ1) is 19.1. The lowest BCUT2D eigenvalue weighted by Gasteiger charge is -2.34. The van der Waals surface area contributed by atoms with Crippen molar-refractivity contribution in [2.45, 2.75) is 57.7 Å². The third-order valence-electron chi connectivity index (χ3n) is 6.19. The normalized spacial score (nSPS) is 18.7. The van der Waals surface area contributed by atoms with Gasteiger partial charge in [-0.05, 0) is 32.6 Å². The van der Waals surface area contributed by atoms with Crippen LogP contribution in [0.15, 0.2) is 35.3 Å². The summed E-state index contributed by atoms with van der Waals surface area (Å²) in [5.41, 5.74) is 3.96. The summed E-state index contributed by atoms with van der Waals surface area (Å²) in [7, 11) is 7.71. The summed E-state index contributed by atoms with van der Waals surface area (Å²) in [6, 6.07) is -0.159. The molecule has 1 aliphatic rings. The van der Waals surface area contributed by atoms with Gasteiger partial charge in [0.2, 0.25) is 11.8 Å². The Morgan fingerprint density at radius 3 is 1.93 bits per heavy atom. The number of nitrogens with two attached hydrogens (primary N) is 1. The molecule has 0 unspecified atom stereocenters. The largest absolute Gasteiger partial charge is 0.483 e. The van der Waals surface area contributed by atoms with E-state index in [9.17, 15) is 14.4 Å². The van der Waals surface area contributed by atoms with E-state index in [4.69, 9.17) is 29.7 Å². The summed E-state index contributed by atoms with van der Waals surface area (Å²) in [6.45, 7) is 15.6. The molecule has 0 aromatic carbocycles. The van der Waals surface area contributed by atoms with Gasteiger partial charge in [-0.2, -0.15) is 0 Å². The zero-order valence-corrected chi connectivity index (χ0v) is 27.3. The zero-order valence-electron chi connectivity index (χ0n) is 26.5. The van der Waals surface area contributed by atoms with Crippen molar-refractivity contribution in [3.8, 4) is 0 Å². The van der Waals surface area contributed by atoms with Crippen molar-refractivity contribution in [1.29, 1.82) is 0 Å². The van der Waals surface area contributed by atoms with Crippen LogP contribution in [0.3, 0.4) is 0 Å². The second-order valence-corrected chi connectivity index (χ2v) is 10.2. The van der Waals surface area contributed by atoms with Crippen LogP contribution in [0.25, 0.3) is 0 Å². The van der Waals surface area contributed by atoms with Crippen molar-refractivity contribution in [2.75, 3.05) is 61.7 Å². The second kappa shape index (κ2) is 19.7. The number of hydrogen-bond donors (Lipinski definition) is 1. The fourth-order valence-corrected chi connectivity index (χ4v) is 3.50. The third kappa shape index (κ3) is 13.1. The van der Waals surface area contributed by atoms with Crippen LogP contribution in [0, 0.1) is 5.92 Å². The SMILES string of the molecule is C=CCOC(=O)N(C)CC[C@](C)(N)C(=O)OC.C=CCOC(=O)N(C)CC[C@]1(C)N=C(OC)[C@@H](C(C)C)N=C1OC.Cl. The maximum absolute atomic E-state index is 11.8. The van der Waals surface area contributed by atoms with E-state index in [0.29, 0.717) is 37.7 Å². The Hall–Kier alpha value is -3.32. The molecule has 42 heavy (non-hydrogen) atoms. The molecule has 1 rings (SSSR count). The standard InChI is InChI=1S/C17H29N3O4.C11H20N2O4.ClH/c1-8-11-24-16(21)20(5)10-9-17(4)15(23-7)18-13(12(2)3)14(19-17)22-6;1-5-8-17-10(15)13(3)7-6-11(2,12)9(14)16-4;/h8,12-13H,1,9-11H2,2-7H3;5H,1,6-8,12H2,2-4H3;1H/t13-,17+;11-;/m10./s1. The Morgan fingerprint density at radius 2 is 1.52 bits per heavy atom. The number of esters is 1. The fourth-order valence-electron chi connectivity index (χ4n) is 3.50. The van der Waals surface area contributed by atoms with Crippen LogP contribution in [-0.4, -0.2) is 119 Å². The minimum absolute atomic E-state index is 0. The van der Waals surface area contributed by atoms with Gasteiger partial charge in [0.1, 0.15) is 30.3 Å². The summed E-state index contributed by atoms with van der Waals surface area (Å²) in [4.78, 5) is 46.7. The topological polar surface area (TPSA) is 155 Å². The van der Waals surface area contributed by atoms with E-state index in [1.807, 2.05) is 6.92 Å². The molecule has 13 nitrogen and oxygen atoms in total. The van der Waals surface area contributed by atoms with Gasteiger partial charge in [-0.25, -0.2) is 19.6 Å². The van der Waals surface area contributed by atoms with Gasteiger partial charge in [0.25, 0.3) is 0 Å². The smallest absolute Gasteiger partial charge is 0.409 e. The summed E-state index contributed by atoms with van der Waals surface area (Å²) < 4.78 is 25.3. The van der Waals surface area contributed by atoms with E-state index in [2.05, 4.69) is 36.7 Å². The molecule has 0 bridgehead atoms. The predicted octanol–water partition coefficient (Wildman–Crippen LogP) is 3.46. The van der Waals surface area contributed by atoms with E-state index >= 15 is 0 Å². The minimum atomic E-state index is -1.11. The first-order valence-electron chi connectivity index (χ1n) is 13.2. The van der Waals surface area contributed by atoms with E-state index in [1.54, 1.807) is 35.2 Å². The van der Waals surface area contributed by atoms with Crippen molar-refractivity contribution < 1.29 is 38.1 Å². The Bertz CT molecular complexity index is 957. The molecule has 0 aromatic rings. The van der Waals surface area contributed by atoms with E-state index in [-0.39, 0.29) is 37.6 Å². The number of aliphatic imine (C=N–C) groups is 2. The van der Waals surface area contributed by atoms with Gasteiger partial charge >= 0.3 is 18.2 Å². The molecule has 0 aromatic heterocycles. The fraction of sp³-hybridized carbons (Fsp3) is 0.679. The lowest BCUT2D eigenvalue weighted by molar-refractivity contribution is -0.146. The number of rotatable bonds is 12. The highest BCUT2D eigenvalue weighted by atomic mass is 35.5. The maximum Gasteiger partial charge on any atom is 0.409 e. The molecule has 14 heteroatoms. The molecule has 3 atom stereocenters. The summed E-state index contributed by atoms with van der Waals surface area (Å²) >= 11 is 0. The van der Waals surface area contributed by atoms with Gasteiger partial charge in [0.05, 0.1) is 21.3 Å². The molecule has 0 fully saturated rings. The van der Waals surface area contributed by atoms with Gasteiger partial charge in [0.15, 0.2) is 0 Å². The number of carbonyl (C=O) groups is 3. The Labute approximate surface area is 256 Å². The number of carbonyl (C=O) groups excluding carboxylic acids is 3. The molecule has 0 saturated carbocycles. The predicted molar refractivity (Wildman–Crippen MR) is 165 cm³/mol. The lowest BCUT2D eigenvalue weighted by Crippen LogP contribution is -2.48. The van der Waals surface area contributed by atoms with Gasteiger partial charge in [-0.15, -0.1) is 12.4 Å². The van der Waals surface area contributed by atoms with Crippen molar-refractivity contribution in [3.05, 3.63) is 25.3 Å². The number of methoxy groups -OCH3 is 3. The molecule has 1 aliphatic heterocycles. The van der Waals surface area contributed by atoms with Gasteiger partial charge in [-0.1, -0.05) is 39.2 Å². The number of amides is 2. The highest BCUT2D eigenvalue weighted by Gasteiger charge is 2.40. The summed E-state index contributed by atoms with van der Waals surface area (Å²) in [5.74, 6) is 0.875. The second-order valence-electron chi connectivity index (χ2n) is 10.2. The molecule has 2 N–H and O–H groups in total. The van der Waals surface area contributed by atoms with Crippen LogP contribution in [0.4, 0.5) is 9.59 Å². The molecule has 0 spiro atoms. The summed E-state index contributed by atoms with van der Waals surface area (Å²) in [6.07, 6.45) is 2.96. The van der Waals surface area contributed by atoms with Crippen molar-refractivity contribution in [1.82, 2.24) is 9.80 Å². The van der Waals surface area contributed by atoms with Gasteiger partial charge in [0, 0.05) is 27.2 Å². The molecule has 242 valence electrons. The molecule has 0 aliphatic carbocycles. The maximum atomic E-state index is 11.8. The number of hydrogen-bond acceptors (Lipinski definition) is 11. The average Bonchev–Trinajstić information content (AvgIpc) is 2.95. The Balaban J connectivity index is 0. The number of nitrogens with zero attached hydrogens (tertiary/aromatic N) is 4. The van der Waals surface area contributed by atoms with Crippen molar-refractivity contribution >= 4 is 42.4 Å². The number of ether oxygens (including phenoxy) is 5. The summed E-state index contributed by atoms with van der Waals surface area (Å²) in [5, 5.41) is 0. The molecule has 0 radical (unpaired) electrons. The molecular weight excluding hydrogens is 570 g/mol. The van der Waals surface area contributed by atoms with Crippen molar-refractivity contribution in [3.63, 3.8) is 0 Å². The molecular formula is C28H50ClN5O8. The van der Waals surface area contributed by atoms with E-state index in [0.717, 1.165) is 0 Å². The average molecular weight is 620 g/mol. The van der Waals surface area contributed by atoms with Crippen LogP contribution in [0.2, 0.25) is 0 Å². The molecule has 1 heterocycles. The number of halogens is 1. The highest BCUT2D eigenvalue weighted by Crippen LogP contribution is 2.27. The molecule has 2 amide bonds. The van der Waals surface area contributed by atoms with Crippen LogP contribution in [0.1, 0.15) is 40.5 Å². The Kier molecular flexibility index (Phi) is 19.2. The van der Waals surface area contributed by atoms with Crippen molar-refractivity contribution in [2.24, 2.45) is 21.6 Å². The lowest BCUT2D eigenvalue weighted by atomic mass is 9.93. The first-order valence-corrected chi connectivity index (χ1v) is 13.2. The van der Waals surface area contributed by atoms with Gasteiger partial charge < -0.3 is 39.2 Å². The minimum Gasteiger partial charge on any atom is -0.483 e. The van der Waals surface area contributed by atoms with E-state index < -0.39 is 29.2 Å².